The molecule has 0 aliphatic rings. The average Bonchev–Trinajstić information content (AvgIpc) is 2.30. The smallest absolute Gasteiger partial charge is 0.309 e. The molecule has 0 aliphatic carbocycles. The number of ether oxygens (including phenoxy) is 1. The number of carbonyl (C=O) groups excluding carboxylic acids is 1. The monoisotopic (exact) mass is 270 g/mol. The van der Waals surface area contributed by atoms with Crippen LogP contribution in [0.2, 0.25) is 0 Å². The zero-order valence-electron chi connectivity index (χ0n) is 13.8. The van der Waals surface area contributed by atoms with E-state index in [-0.39, 0.29) is 17.5 Å². The summed E-state index contributed by atoms with van der Waals surface area (Å²) in [6.07, 6.45) is 10.5. The third-order valence-electron chi connectivity index (χ3n) is 3.30. The first kappa shape index (κ1) is 18.5. The van der Waals surface area contributed by atoms with Crippen LogP contribution in [0.15, 0.2) is 0 Å². The van der Waals surface area contributed by atoms with Crippen LogP contribution in [0.3, 0.4) is 0 Å². The third-order valence-corrected chi connectivity index (χ3v) is 3.30. The summed E-state index contributed by atoms with van der Waals surface area (Å²) in [5.41, 5.74) is -0.357. The van der Waals surface area contributed by atoms with Gasteiger partial charge < -0.3 is 4.74 Å². The van der Waals surface area contributed by atoms with Crippen molar-refractivity contribution in [2.45, 2.75) is 98.0 Å². The Balaban J connectivity index is 4.10. The molecule has 19 heavy (non-hydrogen) atoms. The molecule has 0 amide bonds. The molecule has 114 valence electrons. The van der Waals surface area contributed by atoms with Crippen LogP contribution < -0.4 is 0 Å². The van der Waals surface area contributed by atoms with E-state index in [1.54, 1.807) is 0 Å². The Morgan fingerprint density at radius 3 is 1.95 bits per heavy atom. The molecule has 0 heterocycles. The van der Waals surface area contributed by atoms with Crippen molar-refractivity contribution in [3.05, 3.63) is 0 Å². The van der Waals surface area contributed by atoms with Crippen LogP contribution in [-0.2, 0) is 9.53 Å². The van der Waals surface area contributed by atoms with E-state index in [1.807, 2.05) is 20.8 Å². The summed E-state index contributed by atoms with van der Waals surface area (Å²) in [6.45, 7) is 10.2. The van der Waals surface area contributed by atoms with E-state index >= 15 is 0 Å². The maximum atomic E-state index is 12.2. The van der Waals surface area contributed by atoms with E-state index < -0.39 is 0 Å². The molecule has 0 aromatic heterocycles. The molecule has 0 rings (SSSR count). The van der Waals surface area contributed by atoms with Crippen LogP contribution in [0.25, 0.3) is 0 Å². The lowest BCUT2D eigenvalue weighted by atomic mass is 9.95. The molecule has 0 saturated carbocycles. The van der Waals surface area contributed by atoms with Gasteiger partial charge in [-0.2, -0.15) is 0 Å². The molecule has 0 fully saturated rings. The fourth-order valence-corrected chi connectivity index (χ4v) is 2.21. The maximum absolute atomic E-state index is 12.2. The molecule has 0 saturated heterocycles. The van der Waals surface area contributed by atoms with Crippen molar-refractivity contribution in [2.75, 3.05) is 0 Å². The summed E-state index contributed by atoms with van der Waals surface area (Å²) in [4.78, 5) is 12.2. The highest BCUT2D eigenvalue weighted by Gasteiger charge is 2.24. The number of hydrogen-bond donors (Lipinski definition) is 0. The third kappa shape index (κ3) is 11.0. The first-order chi connectivity index (χ1) is 8.90. The van der Waals surface area contributed by atoms with Crippen LogP contribution in [0.1, 0.15) is 92.4 Å². The van der Waals surface area contributed by atoms with E-state index in [0.717, 1.165) is 32.1 Å². The van der Waals surface area contributed by atoms with Gasteiger partial charge in [0.15, 0.2) is 0 Å². The lowest BCUT2D eigenvalue weighted by Crippen LogP contribution is -2.28. The standard InChI is InChI=1S/C17H34O2/c1-6-8-10-11-12-14-15(13-9-7-2)16(18)19-17(3,4)5/h15H,6-14H2,1-5H3. The van der Waals surface area contributed by atoms with Gasteiger partial charge in [0, 0.05) is 0 Å². The quantitative estimate of drug-likeness (QED) is 0.387. The normalized spacial score (nSPS) is 13.3. The zero-order chi connectivity index (χ0) is 14.7. The molecule has 1 atom stereocenters. The van der Waals surface area contributed by atoms with Gasteiger partial charge in [0.2, 0.25) is 0 Å². The van der Waals surface area contributed by atoms with Gasteiger partial charge in [-0.05, 0) is 33.6 Å². The minimum absolute atomic E-state index is 0.0106. The van der Waals surface area contributed by atoms with Gasteiger partial charge in [0.05, 0.1) is 5.92 Å². The van der Waals surface area contributed by atoms with Gasteiger partial charge >= 0.3 is 5.97 Å². The van der Waals surface area contributed by atoms with E-state index in [0.29, 0.717) is 0 Å². The first-order valence-electron chi connectivity index (χ1n) is 8.13. The second kappa shape index (κ2) is 10.3. The number of hydrogen-bond acceptors (Lipinski definition) is 2. The lowest BCUT2D eigenvalue weighted by Gasteiger charge is -2.24. The van der Waals surface area contributed by atoms with Crippen molar-refractivity contribution in [3.8, 4) is 0 Å². The lowest BCUT2D eigenvalue weighted by molar-refractivity contribution is -0.160. The van der Waals surface area contributed by atoms with Crippen LogP contribution in [-0.4, -0.2) is 11.6 Å². The van der Waals surface area contributed by atoms with Crippen molar-refractivity contribution in [2.24, 2.45) is 5.92 Å². The van der Waals surface area contributed by atoms with Crippen LogP contribution >= 0.6 is 0 Å². The molecular weight excluding hydrogens is 236 g/mol. The summed E-state index contributed by atoms with van der Waals surface area (Å²) in [5, 5.41) is 0. The topological polar surface area (TPSA) is 26.3 Å². The molecule has 1 unspecified atom stereocenters. The highest BCUT2D eigenvalue weighted by Crippen LogP contribution is 2.21. The largest absolute Gasteiger partial charge is 0.460 e. The van der Waals surface area contributed by atoms with Crippen molar-refractivity contribution >= 4 is 5.97 Å². The predicted molar refractivity (Wildman–Crippen MR) is 82.2 cm³/mol. The van der Waals surface area contributed by atoms with Gasteiger partial charge in [-0.3, -0.25) is 4.79 Å². The Hall–Kier alpha value is -0.530. The Morgan fingerprint density at radius 1 is 0.895 bits per heavy atom. The molecule has 0 N–H and O–H groups in total. The van der Waals surface area contributed by atoms with Crippen LogP contribution in [0.4, 0.5) is 0 Å². The number of rotatable bonds is 10. The highest BCUT2D eigenvalue weighted by atomic mass is 16.6. The minimum Gasteiger partial charge on any atom is -0.460 e. The van der Waals surface area contributed by atoms with E-state index in [9.17, 15) is 4.79 Å². The van der Waals surface area contributed by atoms with Crippen LogP contribution in [0.5, 0.6) is 0 Å². The predicted octanol–water partition coefficient (Wildman–Crippen LogP) is 5.50. The van der Waals surface area contributed by atoms with Gasteiger partial charge in [-0.1, -0.05) is 58.8 Å². The summed E-state index contributed by atoms with van der Waals surface area (Å²) in [5.74, 6) is 0.122. The number of unbranched alkanes of at least 4 members (excludes halogenated alkanes) is 5. The SMILES string of the molecule is CCCCCCCC(CCCC)C(=O)OC(C)(C)C. The van der Waals surface area contributed by atoms with Gasteiger partial charge in [0.25, 0.3) is 0 Å². The fraction of sp³-hybridized carbons (Fsp3) is 0.941. The van der Waals surface area contributed by atoms with Gasteiger partial charge in [-0.15, -0.1) is 0 Å². The Morgan fingerprint density at radius 2 is 1.42 bits per heavy atom. The van der Waals surface area contributed by atoms with Crippen molar-refractivity contribution in [1.82, 2.24) is 0 Å². The first-order valence-corrected chi connectivity index (χ1v) is 8.13. The second-order valence-electron chi connectivity index (χ2n) is 6.58. The van der Waals surface area contributed by atoms with Gasteiger partial charge in [-0.25, -0.2) is 0 Å². The summed E-state index contributed by atoms with van der Waals surface area (Å²) in [6, 6.07) is 0. The molecule has 0 aromatic carbocycles. The summed E-state index contributed by atoms with van der Waals surface area (Å²) in [7, 11) is 0. The van der Waals surface area contributed by atoms with Crippen molar-refractivity contribution < 1.29 is 9.53 Å². The van der Waals surface area contributed by atoms with Gasteiger partial charge in [0.1, 0.15) is 5.60 Å². The van der Waals surface area contributed by atoms with Crippen LogP contribution in [0, 0.1) is 5.92 Å². The fourth-order valence-electron chi connectivity index (χ4n) is 2.21. The molecule has 2 nitrogen and oxygen atoms in total. The van der Waals surface area contributed by atoms with E-state index in [2.05, 4.69) is 13.8 Å². The summed E-state index contributed by atoms with van der Waals surface area (Å²) >= 11 is 0. The Labute approximate surface area is 120 Å². The Bertz CT molecular complexity index is 228. The maximum Gasteiger partial charge on any atom is 0.309 e. The second-order valence-corrected chi connectivity index (χ2v) is 6.58. The minimum atomic E-state index is -0.357. The van der Waals surface area contributed by atoms with E-state index in [1.165, 1.54) is 25.7 Å². The molecule has 0 bridgehead atoms. The summed E-state index contributed by atoms with van der Waals surface area (Å²) < 4.78 is 5.54. The molecule has 0 radical (unpaired) electrons. The van der Waals surface area contributed by atoms with Crippen molar-refractivity contribution in [3.63, 3.8) is 0 Å². The average molecular weight is 270 g/mol. The molecule has 2 heteroatoms. The highest BCUT2D eigenvalue weighted by molar-refractivity contribution is 5.72. The Kier molecular flexibility index (Phi) is 9.99. The molecule has 0 spiro atoms. The number of carbonyl (C=O) groups is 1. The molecule has 0 aliphatic heterocycles. The van der Waals surface area contributed by atoms with E-state index in [4.69, 9.17) is 4.74 Å². The molecule has 0 aromatic rings. The zero-order valence-corrected chi connectivity index (χ0v) is 13.8. The van der Waals surface area contributed by atoms with Crippen molar-refractivity contribution in [1.29, 1.82) is 0 Å². The number of esters is 1. The molecular formula is C17H34O2.